The summed E-state index contributed by atoms with van der Waals surface area (Å²) < 4.78 is 11.9. The van der Waals surface area contributed by atoms with Crippen molar-refractivity contribution in [3.8, 4) is 28.6 Å². The van der Waals surface area contributed by atoms with Crippen molar-refractivity contribution in [3.05, 3.63) is 63.7 Å². The molecule has 152 valence electrons. The lowest BCUT2D eigenvalue weighted by Gasteiger charge is -2.11. The van der Waals surface area contributed by atoms with Crippen LogP contribution in [0.5, 0.6) is 11.5 Å². The van der Waals surface area contributed by atoms with Crippen LogP contribution in [0.15, 0.2) is 47.3 Å². The number of carbonyl (C=O) groups is 1. The predicted molar refractivity (Wildman–Crippen MR) is 112 cm³/mol. The lowest BCUT2D eigenvalue weighted by atomic mass is 10.2. The van der Waals surface area contributed by atoms with Gasteiger partial charge in [-0.05, 0) is 24.3 Å². The van der Waals surface area contributed by atoms with Crippen LogP contribution in [0.3, 0.4) is 0 Å². The average molecular weight is 426 g/mol. The number of aromatic amines is 1. The summed E-state index contributed by atoms with van der Waals surface area (Å²) in [6, 6.07) is 11.8. The fourth-order valence-corrected chi connectivity index (χ4v) is 3.34. The van der Waals surface area contributed by atoms with E-state index >= 15 is 0 Å². The second-order valence-electron chi connectivity index (χ2n) is 6.24. The Kier molecular flexibility index (Phi) is 4.88. The van der Waals surface area contributed by atoms with E-state index in [1.165, 1.54) is 18.8 Å². The number of methoxy groups -OCH3 is 2. The highest BCUT2D eigenvalue weighted by atomic mass is 35.5. The lowest BCUT2D eigenvalue weighted by molar-refractivity contribution is 0.0997. The van der Waals surface area contributed by atoms with E-state index < -0.39 is 11.6 Å². The van der Waals surface area contributed by atoms with Crippen LogP contribution in [0.4, 0.5) is 0 Å². The summed E-state index contributed by atoms with van der Waals surface area (Å²) in [6.07, 6.45) is 0. The van der Waals surface area contributed by atoms with E-state index in [4.69, 9.17) is 26.8 Å². The molecular weight excluding hydrogens is 410 g/mol. The van der Waals surface area contributed by atoms with Crippen molar-refractivity contribution in [1.29, 1.82) is 0 Å². The summed E-state index contributed by atoms with van der Waals surface area (Å²) in [5, 5.41) is 0.388. The minimum Gasteiger partial charge on any atom is -0.497 e. The molecule has 0 aliphatic carbocycles. The van der Waals surface area contributed by atoms with Crippen LogP contribution < -0.4 is 20.9 Å². The molecule has 0 unspecified atom stereocenters. The summed E-state index contributed by atoms with van der Waals surface area (Å²) in [5.41, 5.74) is 6.01. The second-order valence-corrected chi connectivity index (χ2v) is 6.65. The molecule has 1 amide bonds. The number of carbonyl (C=O) groups excluding carboxylic acids is 1. The predicted octanol–water partition coefficient (Wildman–Crippen LogP) is 2.55. The number of imidazole rings is 1. The second kappa shape index (κ2) is 7.53. The van der Waals surface area contributed by atoms with E-state index in [1.807, 2.05) is 0 Å². The Hall–Kier alpha value is -3.85. The first-order valence-corrected chi connectivity index (χ1v) is 9.12. The molecule has 9 nitrogen and oxygen atoms in total. The molecule has 0 aliphatic rings. The maximum Gasteiger partial charge on any atom is 0.332 e. The van der Waals surface area contributed by atoms with Gasteiger partial charge in [-0.1, -0.05) is 23.7 Å². The van der Waals surface area contributed by atoms with Crippen LogP contribution in [0.2, 0.25) is 5.02 Å². The number of benzene rings is 2. The minimum atomic E-state index is -0.814. The maximum atomic E-state index is 12.8. The molecular formula is C20H16ClN5O4. The molecule has 2 aromatic heterocycles. The number of amides is 1. The molecule has 0 atom stereocenters. The van der Waals surface area contributed by atoms with Crippen LogP contribution >= 0.6 is 11.6 Å². The van der Waals surface area contributed by atoms with Gasteiger partial charge in [0.15, 0.2) is 17.2 Å². The molecule has 30 heavy (non-hydrogen) atoms. The van der Waals surface area contributed by atoms with Crippen LogP contribution in [0, 0.1) is 0 Å². The van der Waals surface area contributed by atoms with Crippen LogP contribution in [0.25, 0.3) is 28.2 Å². The molecule has 0 aliphatic heterocycles. The van der Waals surface area contributed by atoms with E-state index in [-0.39, 0.29) is 22.7 Å². The molecule has 0 saturated carbocycles. The fourth-order valence-electron chi connectivity index (χ4n) is 3.12. The zero-order valence-corrected chi connectivity index (χ0v) is 16.7. The van der Waals surface area contributed by atoms with Gasteiger partial charge in [0, 0.05) is 11.6 Å². The summed E-state index contributed by atoms with van der Waals surface area (Å²) in [6.45, 7) is 0. The number of ether oxygens (including phenoxy) is 2. The fraction of sp³-hybridized carbons (Fsp3) is 0.100. The number of rotatable bonds is 5. The van der Waals surface area contributed by atoms with Gasteiger partial charge in [0.25, 0.3) is 5.91 Å². The van der Waals surface area contributed by atoms with Gasteiger partial charge in [0.05, 0.1) is 24.9 Å². The molecule has 0 bridgehead atoms. The number of nitrogens with zero attached hydrogens (tertiary/aromatic N) is 3. The van der Waals surface area contributed by atoms with Crippen molar-refractivity contribution >= 4 is 28.7 Å². The topological polar surface area (TPSA) is 125 Å². The van der Waals surface area contributed by atoms with Gasteiger partial charge < -0.3 is 20.2 Å². The first-order chi connectivity index (χ1) is 14.4. The van der Waals surface area contributed by atoms with Crippen molar-refractivity contribution in [1.82, 2.24) is 19.5 Å². The van der Waals surface area contributed by atoms with E-state index in [1.54, 1.807) is 42.5 Å². The number of primary amides is 1. The number of H-pyrrole nitrogens is 1. The number of hydrogen-bond acceptors (Lipinski definition) is 6. The molecule has 4 rings (SSSR count). The Bertz CT molecular complexity index is 1350. The Labute approximate surface area is 175 Å². The van der Waals surface area contributed by atoms with Crippen LogP contribution in [-0.4, -0.2) is 39.6 Å². The van der Waals surface area contributed by atoms with Crippen molar-refractivity contribution in [2.75, 3.05) is 14.2 Å². The summed E-state index contributed by atoms with van der Waals surface area (Å²) in [5.74, 6) is 0.261. The van der Waals surface area contributed by atoms with Gasteiger partial charge in [0.2, 0.25) is 0 Å². The minimum absolute atomic E-state index is 0.112. The maximum absolute atomic E-state index is 12.8. The number of fused-ring (bicyclic) bond motifs is 1. The highest BCUT2D eigenvalue weighted by molar-refractivity contribution is 6.33. The van der Waals surface area contributed by atoms with Gasteiger partial charge >= 0.3 is 5.69 Å². The molecule has 0 radical (unpaired) electrons. The third-order valence-electron chi connectivity index (χ3n) is 4.51. The number of nitrogens with one attached hydrogen (secondary N) is 1. The largest absolute Gasteiger partial charge is 0.497 e. The molecule has 0 spiro atoms. The van der Waals surface area contributed by atoms with Crippen molar-refractivity contribution in [3.63, 3.8) is 0 Å². The van der Waals surface area contributed by atoms with Gasteiger partial charge in [0.1, 0.15) is 17.0 Å². The average Bonchev–Trinajstić information content (AvgIpc) is 3.08. The Balaban J connectivity index is 2.08. The molecule has 0 fully saturated rings. The normalized spacial score (nSPS) is 10.9. The van der Waals surface area contributed by atoms with E-state index in [2.05, 4.69) is 15.0 Å². The van der Waals surface area contributed by atoms with Gasteiger partial charge in [-0.3, -0.25) is 4.79 Å². The van der Waals surface area contributed by atoms with Gasteiger partial charge in [-0.25, -0.2) is 19.3 Å². The quantitative estimate of drug-likeness (QED) is 0.506. The van der Waals surface area contributed by atoms with Gasteiger partial charge in [-0.15, -0.1) is 0 Å². The number of nitrogens with two attached hydrogens (primary N) is 1. The smallest absolute Gasteiger partial charge is 0.332 e. The summed E-state index contributed by atoms with van der Waals surface area (Å²) in [7, 11) is 2.99. The molecule has 0 saturated heterocycles. The number of aromatic nitrogens is 4. The summed E-state index contributed by atoms with van der Waals surface area (Å²) >= 11 is 6.28. The third-order valence-corrected chi connectivity index (χ3v) is 4.84. The first kappa shape index (κ1) is 19.5. The zero-order chi connectivity index (χ0) is 21.4. The first-order valence-electron chi connectivity index (χ1n) is 8.74. The Morgan fingerprint density at radius 2 is 1.90 bits per heavy atom. The number of hydrogen-bond donors (Lipinski definition) is 2. The highest BCUT2D eigenvalue weighted by Gasteiger charge is 2.22. The highest BCUT2D eigenvalue weighted by Crippen LogP contribution is 2.31. The Morgan fingerprint density at radius 1 is 1.13 bits per heavy atom. The monoisotopic (exact) mass is 425 g/mol. The van der Waals surface area contributed by atoms with E-state index in [0.29, 0.717) is 27.8 Å². The van der Waals surface area contributed by atoms with Crippen LogP contribution in [0.1, 0.15) is 10.5 Å². The van der Waals surface area contributed by atoms with Crippen molar-refractivity contribution in [2.24, 2.45) is 5.73 Å². The van der Waals surface area contributed by atoms with Gasteiger partial charge in [-0.2, -0.15) is 0 Å². The van der Waals surface area contributed by atoms with Crippen LogP contribution in [-0.2, 0) is 0 Å². The third kappa shape index (κ3) is 3.15. The van der Waals surface area contributed by atoms with E-state index in [0.717, 1.165) is 0 Å². The Morgan fingerprint density at radius 3 is 2.57 bits per heavy atom. The van der Waals surface area contributed by atoms with Crippen molar-refractivity contribution in [2.45, 2.75) is 0 Å². The molecule has 10 heteroatoms. The number of halogens is 1. The molecule has 4 aromatic rings. The van der Waals surface area contributed by atoms with Crippen molar-refractivity contribution < 1.29 is 14.3 Å². The van der Waals surface area contributed by atoms with E-state index in [9.17, 15) is 9.59 Å². The molecule has 3 N–H and O–H groups in total. The molecule has 2 heterocycles. The molecule has 2 aromatic carbocycles. The standard InChI is InChI=1S/C20H16ClN5O4/c1-29-10-7-8-13(14(9-10)30-2)26-19-16(24-20(26)28)15(17(22)27)23-18(25-19)11-5-3-4-6-12(11)21/h3-9H,1-2H3,(H2,22,27)(H,24,28). The lowest BCUT2D eigenvalue weighted by Crippen LogP contribution is -2.16. The zero-order valence-electron chi connectivity index (χ0n) is 16.0. The SMILES string of the molecule is COc1ccc(-n2c(=O)[nH]c3c(C(N)=O)nc(-c4ccccc4Cl)nc32)c(OC)c1. The summed E-state index contributed by atoms with van der Waals surface area (Å²) in [4.78, 5) is 36.3.